The average molecular weight is 395 g/mol. The van der Waals surface area contributed by atoms with E-state index in [1.165, 1.54) is 0 Å². The van der Waals surface area contributed by atoms with Crippen LogP contribution in [0.15, 0.2) is 54.6 Å². The number of carbonyl (C=O) groups excluding carboxylic acids is 2. The molecule has 0 unspecified atom stereocenters. The lowest BCUT2D eigenvalue weighted by molar-refractivity contribution is -0.123. The maximum atomic E-state index is 12.0. The van der Waals surface area contributed by atoms with Crippen molar-refractivity contribution in [2.45, 2.75) is 13.0 Å². The fraction of sp³-hybridized carbons (Fsp3) is 0.125. The summed E-state index contributed by atoms with van der Waals surface area (Å²) in [5, 5.41) is 2.69. The number of hydrogen-bond donors (Lipinski definition) is 1. The summed E-state index contributed by atoms with van der Waals surface area (Å²) in [5.74, 6) is -0.871. The maximum absolute atomic E-state index is 12.0. The first-order chi connectivity index (χ1) is 10.1. The second-order valence-corrected chi connectivity index (χ2v) is 5.66. The summed E-state index contributed by atoms with van der Waals surface area (Å²) in [5.41, 5.74) is 1.10. The summed E-state index contributed by atoms with van der Waals surface area (Å²) in [4.78, 5) is 23.9. The molecule has 108 valence electrons. The van der Waals surface area contributed by atoms with Crippen LogP contribution in [-0.2, 0) is 9.53 Å². The van der Waals surface area contributed by atoms with Crippen molar-refractivity contribution in [1.29, 1.82) is 0 Å². The fourth-order valence-electron chi connectivity index (χ4n) is 1.66. The SMILES string of the molecule is C[C@@H](OC(=O)c1cccc(I)c1)C(=O)Nc1ccccc1. The van der Waals surface area contributed by atoms with Gasteiger partial charge in [-0.3, -0.25) is 4.79 Å². The predicted octanol–water partition coefficient (Wildman–Crippen LogP) is 3.48. The molecule has 0 aliphatic heterocycles. The zero-order valence-corrected chi connectivity index (χ0v) is 13.5. The Balaban J connectivity index is 1.96. The van der Waals surface area contributed by atoms with Crippen LogP contribution in [0.3, 0.4) is 0 Å². The number of para-hydroxylation sites is 1. The van der Waals surface area contributed by atoms with Gasteiger partial charge < -0.3 is 10.1 Å². The third-order valence-electron chi connectivity index (χ3n) is 2.75. The lowest BCUT2D eigenvalue weighted by Crippen LogP contribution is -2.30. The van der Waals surface area contributed by atoms with E-state index in [9.17, 15) is 9.59 Å². The Labute approximate surface area is 136 Å². The number of nitrogens with one attached hydrogen (secondary N) is 1. The van der Waals surface area contributed by atoms with Crippen LogP contribution in [0.4, 0.5) is 5.69 Å². The predicted molar refractivity (Wildman–Crippen MR) is 89.1 cm³/mol. The highest BCUT2D eigenvalue weighted by Crippen LogP contribution is 2.11. The van der Waals surface area contributed by atoms with Crippen molar-refractivity contribution in [3.8, 4) is 0 Å². The number of benzene rings is 2. The van der Waals surface area contributed by atoms with E-state index in [1.54, 1.807) is 37.3 Å². The van der Waals surface area contributed by atoms with Crippen LogP contribution >= 0.6 is 22.6 Å². The van der Waals surface area contributed by atoms with Gasteiger partial charge >= 0.3 is 5.97 Å². The monoisotopic (exact) mass is 395 g/mol. The van der Waals surface area contributed by atoms with Crippen LogP contribution in [0.1, 0.15) is 17.3 Å². The van der Waals surface area contributed by atoms with Gasteiger partial charge in [0, 0.05) is 9.26 Å². The summed E-state index contributed by atoms with van der Waals surface area (Å²) >= 11 is 2.11. The highest BCUT2D eigenvalue weighted by molar-refractivity contribution is 14.1. The quantitative estimate of drug-likeness (QED) is 0.637. The summed E-state index contributed by atoms with van der Waals surface area (Å²) in [6.07, 6.45) is -0.865. The summed E-state index contributed by atoms with van der Waals surface area (Å²) in [7, 11) is 0. The van der Waals surface area contributed by atoms with Crippen LogP contribution in [0.5, 0.6) is 0 Å². The van der Waals surface area contributed by atoms with Gasteiger partial charge in [0.25, 0.3) is 5.91 Å². The first kappa shape index (κ1) is 15.5. The van der Waals surface area contributed by atoms with Gasteiger partial charge in [-0.1, -0.05) is 24.3 Å². The molecule has 2 rings (SSSR count). The molecular weight excluding hydrogens is 381 g/mol. The zero-order valence-electron chi connectivity index (χ0n) is 11.4. The highest BCUT2D eigenvalue weighted by Gasteiger charge is 2.19. The van der Waals surface area contributed by atoms with Crippen LogP contribution < -0.4 is 5.32 Å². The number of ether oxygens (including phenoxy) is 1. The third-order valence-corrected chi connectivity index (χ3v) is 3.43. The van der Waals surface area contributed by atoms with E-state index in [2.05, 4.69) is 27.9 Å². The summed E-state index contributed by atoms with van der Waals surface area (Å²) in [6, 6.07) is 16.1. The van der Waals surface area contributed by atoms with Crippen molar-refractivity contribution in [3.05, 3.63) is 63.7 Å². The van der Waals surface area contributed by atoms with Gasteiger partial charge in [0.2, 0.25) is 0 Å². The van der Waals surface area contributed by atoms with E-state index in [-0.39, 0.29) is 5.91 Å². The number of carbonyl (C=O) groups is 2. The second-order valence-electron chi connectivity index (χ2n) is 4.41. The molecule has 1 atom stereocenters. The van der Waals surface area contributed by atoms with Gasteiger partial charge in [0.05, 0.1) is 5.56 Å². The Hall–Kier alpha value is -1.89. The Morgan fingerprint density at radius 3 is 2.48 bits per heavy atom. The molecule has 0 aliphatic carbocycles. The van der Waals surface area contributed by atoms with Crippen molar-refractivity contribution in [1.82, 2.24) is 0 Å². The van der Waals surface area contributed by atoms with Crippen LogP contribution in [0.2, 0.25) is 0 Å². The van der Waals surface area contributed by atoms with E-state index in [0.29, 0.717) is 11.3 Å². The van der Waals surface area contributed by atoms with Gasteiger partial charge in [0.15, 0.2) is 6.10 Å². The Bertz CT molecular complexity index is 643. The normalized spacial score (nSPS) is 11.5. The molecular formula is C16H14INO3. The summed E-state index contributed by atoms with van der Waals surface area (Å²) < 4.78 is 6.10. The topological polar surface area (TPSA) is 55.4 Å². The third kappa shape index (κ3) is 4.56. The lowest BCUT2D eigenvalue weighted by atomic mass is 10.2. The molecule has 0 heterocycles. The first-order valence-electron chi connectivity index (χ1n) is 6.39. The van der Waals surface area contributed by atoms with Gasteiger partial charge in [-0.25, -0.2) is 4.79 Å². The number of hydrogen-bond acceptors (Lipinski definition) is 3. The van der Waals surface area contributed by atoms with Crippen molar-refractivity contribution < 1.29 is 14.3 Å². The number of halogens is 1. The minimum absolute atomic E-state index is 0.361. The average Bonchev–Trinajstić information content (AvgIpc) is 2.48. The Morgan fingerprint density at radius 2 is 1.81 bits per heavy atom. The van der Waals surface area contributed by atoms with E-state index in [0.717, 1.165) is 3.57 Å². The first-order valence-corrected chi connectivity index (χ1v) is 7.46. The lowest BCUT2D eigenvalue weighted by Gasteiger charge is -2.13. The van der Waals surface area contributed by atoms with Crippen molar-refractivity contribution in [2.75, 3.05) is 5.32 Å². The summed E-state index contributed by atoms with van der Waals surface area (Å²) in [6.45, 7) is 1.55. The molecule has 0 fully saturated rings. The smallest absolute Gasteiger partial charge is 0.338 e. The van der Waals surface area contributed by atoms with Crippen molar-refractivity contribution in [2.24, 2.45) is 0 Å². The second kappa shape index (κ2) is 7.21. The van der Waals surface area contributed by atoms with Gasteiger partial charge in [0.1, 0.15) is 0 Å². The molecule has 1 N–H and O–H groups in total. The molecule has 21 heavy (non-hydrogen) atoms. The molecule has 4 nitrogen and oxygen atoms in total. The fourth-order valence-corrected chi connectivity index (χ4v) is 2.21. The van der Waals surface area contributed by atoms with Gasteiger partial charge in [-0.15, -0.1) is 0 Å². The molecule has 0 saturated carbocycles. The highest BCUT2D eigenvalue weighted by atomic mass is 127. The van der Waals surface area contributed by atoms with Crippen LogP contribution in [0, 0.1) is 3.57 Å². The van der Waals surface area contributed by atoms with Crippen LogP contribution in [-0.4, -0.2) is 18.0 Å². The molecule has 0 bridgehead atoms. The van der Waals surface area contributed by atoms with Gasteiger partial charge in [-0.05, 0) is 59.8 Å². The van der Waals surface area contributed by atoms with Crippen LogP contribution in [0.25, 0.3) is 0 Å². The number of anilines is 1. The number of amides is 1. The minimum atomic E-state index is -0.865. The van der Waals surface area contributed by atoms with Gasteiger partial charge in [-0.2, -0.15) is 0 Å². The molecule has 0 radical (unpaired) electrons. The van der Waals surface area contributed by atoms with E-state index in [1.807, 2.05) is 24.3 Å². The standard InChI is InChI=1S/C16H14INO3/c1-11(15(19)18-14-8-3-2-4-9-14)21-16(20)12-6-5-7-13(17)10-12/h2-11H,1H3,(H,18,19)/t11-/m1/s1. The molecule has 2 aromatic carbocycles. The molecule has 1 amide bonds. The Morgan fingerprint density at radius 1 is 1.10 bits per heavy atom. The molecule has 0 aliphatic rings. The van der Waals surface area contributed by atoms with Crippen molar-refractivity contribution in [3.63, 3.8) is 0 Å². The maximum Gasteiger partial charge on any atom is 0.338 e. The largest absolute Gasteiger partial charge is 0.449 e. The van der Waals surface area contributed by atoms with E-state index >= 15 is 0 Å². The van der Waals surface area contributed by atoms with Crippen molar-refractivity contribution >= 4 is 40.2 Å². The minimum Gasteiger partial charge on any atom is -0.449 e. The number of esters is 1. The molecule has 0 aromatic heterocycles. The molecule has 0 spiro atoms. The van der Waals surface area contributed by atoms with E-state index < -0.39 is 12.1 Å². The number of rotatable bonds is 4. The van der Waals surface area contributed by atoms with E-state index in [4.69, 9.17) is 4.74 Å². The molecule has 2 aromatic rings. The molecule has 5 heteroatoms. The zero-order chi connectivity index (χ0) is 15.2. The Kier molecular flexibility index (Phi) is 5.32. The molecule has 0 saturated heterocycles.